The molecular formula is C16H29NO6P2. The number of nitrogens with zero attached hydrogens (tertiary/aromatic N) is 1. The van der Waals surface area contributed by atoms with Crippen LogP contribution < -0.4 is 4.74 Å². The van der Waals surface area contributed by atoms with E-state index in [0.717, 1.165) is 17.7 Å². The third-order valence-electron chi connectivity index (χ3n) is 3.60. The summed E-state index contributed by atoms with van der Waals surface area (Å²) >= 11 is 0. The Hall–Kier alpha value is -0.520. The fraction of sp³-hybridized carbons (Fsp3) is 0.625. The van der Waals surface area contributed by atoms with Crippen LogP contribution in [-0.2, 0) is 29.1 Å². The summed E-state index contributed by atoms with van der Waals surface area (Å²) in [5.41, 5.74) is 1.16. The van der Waals surface area contributed by atoms with E-state index in [4.69, 9.17) is 22.8 Å². The lowest BCUT2D eigenvalue weighted by Gasteiger charge is -2.27. The van der Waals surface area contributed by atoms with E-state index in [9.17, 15) is 4.57 Å². The molecule has 0 spiro atoms. The van der Waals surface area contributed by atoms with Crippen molar-refractivity contribution in [1.29, 1.82) is 0 Å². The second-order valence-corrected chi connectivity index (χ2v) is 9.09. The molecule has 1 aromatic carbocycles. The molecule has 0 aliphatic carbocycles. The Kier molecular flexibility index (Phi) is 10.8. The van der Waals surface area contributed by atoms with Gasteiger partial charge in [-0.1, -0.05) is 12.1 Å². The van der Waals surface area contributed by atoms with Gasteiger partial charge < -0.3 is 22.8 Å². The third kappa shape index (κ3) is 8.14. The van der Waals surface area contributed by atoms with Gasteiger partial charge in [-0.15, -0.1) is 0 Å². The van der Waals surface area contributed by atoms with Crippen LogP contribution in [0.3, 0.4) is 0 Å². The van der Waals surface area contributed by atoms with Crippen molar-refractivity contribution in [2.75, 3.05) is 54.2 Å². The van der Waals surface area contributed by atoms with Crippen molar-refractivity contribution in [3.05, 3.63) is 29.8 Å². The van der Waals surface area contributed by atoms with Crippen molar-refractivity contribution in [2.24, 2.45) is 0 Å². The zero-order valence-electron chi connectivity index (χ0n) is 15.6. The molecule has 0 atom stereocenters. The predicted molar refractivity (Wildman–Crippen MR) is 100 cm³/mol. The lowest BCUT2D eigenvalue weighted by Crippen LogP contribution is -2.28. The highest BCUT2D eigenvalue weighted by molar-refractivity contribution is 7.53. The van der Waals surface area contributed by atoms with Gasteiger partial charge in [-0.2, -0.15) is 0 Å². The Bertz CT molecular complexity index is 516. The van der Waals surface area contributed by atoms with Crippen LogP contribution in [0.5, 0.6) is 5.75 Å². The first kappa shape index (κ1) is 22.5. The number of ether oxygens (including phenoxy) is 1. The average molecular weight is 393 g/mol. The molecule has 1 rings (SSSR count). The summed E-state index contributed by atoms with van der Waals surface area (Å²) in [6, 6.07) is 7.97. The van der Waals surface area contributed by atoms with Crippen molar-refractivity contribution in [1.82, 2.24) is 4.90 Å². The van der Waals surface area contributed by atoms with Crippen LogP contribution in [0.4, 0.5) is 0 Å². The van der Waals surface area contributed by atoms with Crippen molar-refractivity contribution in [3.8, 4) is 5.75 Å². The van der Waals surface area contributed by atoms with Gasteiger partial charge in [-0.3, -0.25) is 9.46 Å². The van der Waals surface area contributed by atoms with Gasteiger partial charge in [0.25, 0.3) is 0 Å². The molecule has 7 nitrogen and oxygen atoms in total. The molecule has 0 unspecified atom stereocenters. The SMILES string of the molecule is CCOc1ccc(CCN(CP(OC)OC)CP(=O)(OC)OC)cc1. The van der Waals surface area contributed by atoms with E-state index in [-0.39, 0.29) is 6.29 Å². The molecule has 0 radical (unpaired) electrons. The molecule has 9 heteroatoms. The molecule has 25 heavy (non-hydrogen) atoms. The normalized spacial score (nSPS) is 12.1. The Labute approximate surface area is 152 Å². The molecule has 0 heterocycles. The molecule has 0 fully saturated rings. The summed E-state index contributed by atoms with van der Waals surface area (Å²) in [6.07, 6.45) is 1.50. The first-order chi connectivity index (χ1) is 12.0. The Balaban J connectivity index is 2.72. The molecule has 0 aliphatic heterocycles. The number of hydrogen-bond acceptors (Lipinski definition) is 7. The van der Waals surface area contributed by atoms with Crippen LogP contribution >= 0.6 is 16.0 Å². The molecule has 0 saturated heterocycles. The highest BCUT2D eigenvalue weighted by Gasteiger charge is 2.27. The standard InChI is InChI=1S/C16H29NO6P2/c1-6-23-16-9-7-15(8-10-16)11-12-17(13-24(19-2)20-3)14-25(18,21-4)22-5/h7-10H,6,11-14H2,1-5H3. The highest BCUT2D eigenvalue weighted by atomic mass is 31.2. The van der Waals surface area contributed by atoms with Crippen LogP contribution in [0.15, 0.2) is 24.3 Å². The summed E-state index contributed by atoms with van der Waals surface area (Å²) < 4.78 is 38.7. The minimum absolute atomic E-state index is 0.183. The van der Waals surface area contributed by atoms with Crippen molar-refractivity contribution in [3.63, 3.8) is 0 Å². The van der Waals surface area contributed by atoms with E-state index in [1.807, 2.05) is 36.1 Å². The molecule has 144 valence electrons. The second kappa shape index (κ2) is 12.0. The second-order valence-electron chi connectivity index (χ2n) is 5.18. The summed E-state index contributed by atoms with van der Waals surface area (Å²) in [6.45, 7) is 3.28. The molecule has 1 aromatic rings. The first-order valence-electron chi connectivity index (χ1n) is 8.00. The molecule has 0 bridgehead atoms. The Morgan fingerprint density at radius 3 is 2.12 bits per heavy atom. The Morgan fingerprint density at radius 1 is 1.04 bits per heavy atom. The first-order valence-corrected chi connectivity index (χ1v) is 11.1. The minimum Gasteiger partial charge on any atom is -0.494 e. The summed E-state index contributed by atoms with van der Waals surface area (Å²) in [5.74, 6) is 0.855. The maximum atomic E-state index is 12.5. The van der Waals surface area contributed by atoms with Gasteiger partial charge in [-0.25, -0.2) is 0 Å². The van der Waals surface area contributed by atoms with Gasteiger partial charge in [0, 0.05) is 35.0 Å². The topological polar surface area (TPSA) is 66.5 Å². The van der Waals surface area contributed by atoms with Gasteiger partial charge in [0.15, 0.2) is 8.38 Å². The quantitative estimate of drug-likeness (QED) is 0.470. The maximum Gasteiger partial charge on any atom is 0.344 e. The number of benzene rings is 1. The monoisotopic (exact) mass is 393 g/mol. The van der Waals surface area contributed by atoms with Crippen LogP contribution in [0.25, 0.3) is 0 Å². The van der Waals surface area contributed by atoms with E-state index in [1.54, 1.807) is 14.2 Å². The van der Waals surface area contributed by atoms with Crippen LogP contribution in [0.1, 0.15) is 12.5 Å². The number of hydrogen-bond donors (Lipinski definition) is 0. The lowest BCUT2D eigenvalue weighted by molar-refractivity contribution is 0.239. The smallest absolute Gasteiger partial charge is 0.344 e. The van der Waals surface area contributed by atoms with Gasteiger partial charge in [0.05, 0.1) is 12.9 Å². The summed E-state index contributed by atoms with van der Waals surface area (Å²) in [5, 5.41) is 0. The van der Waals surface area contributed by atoms with E-state index in [1.165, 1.54) is 14.2 Å². The molecule has 0 amide bonds. The molecule has 0 saturated carbocycles. The van der Waals surface area contributed by atoms with Gasteiger partial charge in [-0.05, 0) is 31.0 Å². The average Bonchev–Trinajstić information content (AvgIpc) is 2.65. The van der Waals surface area contributed by atoms with E-state index >= 15 is 0 Å². The molecule has 0 aliphatic rings. The molecular weight excluding hydrogens is 364 g/mol. The largest absolute Gasteiger partial charge is 0.494 e. The maximum absolute atomic E-state index is 12.5. The lowest BCUT2D eigenvalue weighted by atomic mass is 10.1. The minimum atomic E-state index is -3.15. The summed E-state index contributed by atoms with van der Waals surface area (Å²) in [4.78, 5) is 1.99. The van der Waals surface area contributed by atoms with E-state index in [2.05, 4.69) is 0 Å². The number of rotatable bonds is 13. The van der Waals surface area contributed by atoms with E-state index < -0.39 is 16.0 Å². The van der Waals surface area contributed by atoms with Crippen molar-refractivity contribution >= 4 is 16.0 Å². The van der Waals surface area contributed by atoms with Crippen molar-refractivity contribution in [2.45, 2.75) is 13.3 Å². The molecule has 0 N–H and O–H groups in total. The fourth-order valence-corrected chi connectivity index (χ4v) is 4.40. The Morgan fingerprint density at radius 2 is 1.64 bits per heavy atom. The molecule has 0 aromatic heterocycles. The third-order valence-corrected chi connectivity index (χ3v) is 6.91. The predicted octanol–water partition coefficient (Wildman–Crippen LogP) is 3.94. The fourth-order valence-electron chi connectivity index (χ4n) is 2.18. The van der Waals surface area contributed by atoms with Crippen molar-refractivity contribution < 1.29 is 27.4 Å². The van der Waals surface area contributed by atoms with Crippen LogP contribution in [0, 0.1) is 0 Å². The van der Waals surface area contributed by atoms with Crippen LogP contribution in [-0.4, -0.2) is 59.1 Å². The van der Waals surface area contributed by atoms with Crippen LogP contribution in [0.2, 0.25) is 0 Å². The van der Waals surface area contributed by atoms with Gasteiger partial charge in [0.1, 0.15) is 12.0 Å². The van der Waals surface area contributed by atoms with E-state index in [0.29, 0.717) is 19.4 Å². The highest BCUT2D eigenvalue weighted by Crippen LogP contribution is 2.48. The zero-order valence-corrected chi connectivity index (χ0v) is 17.4. The zero-order chi connectivity index (χ0) is 18.7. The van der Waals surface area contributed by atoms with Gasteiger partial charge in [0.2, 0.25) is 0 Å². The van der Waals surface area contributed by atoms with Gasteiger partial charge >= 0.3 is 7.60 Å². The summed E-state index contributed by atoms with van der Waals surface area (Å²) in [7, 11) is 1.77.